The van der Waals surface area contributed by atoms with E-state index in [9.17, 15) is 9.59 Å². The number of imide groups is 1. The Morgan fingerprint density at radius 1 is 1.03 bits per heavy atom. The number of rotatable bonds is 6. The third-order valence-corrected chi connectivity index (χ3v) is 5.12. The fourth-order valence-electron chi connectivity index (χ4n) is 3.56. The van der Waals surface area contributed by atoms with Gasteiger partial charge in [0, 0.05) is 18.3 Å². The maximum atomic E-state index is 13.0. The van der Waals surface area contributed by atoms with Crippen LogP contribution in [0.5, 0.6) is 0 Å². The molecule has 0 aliphatic carbocycles. The lowest BCUT2D eigenvalue weighted by molar-refractivity contribution is -0.132. The molecule has 1 aliphatic heterocycles. The predicted molar refractivity (Wildman–Crippen MR) is 109 cm³/mol. The largest absolute Gasteiger partial charge is 0.326 e. The maximum absolute atomic E-state index is 13.0. The molecule has 7 nitrogen and oxygen atoms in total. The summed E-state index contributed by atoms with van der Waals surface area (Å²) < 4.78 is 1.81. The van der Waals surface area contributed by atoms with Crippen molar-refractivity contribution < 1.29 is 9.59 Å². The van der Waals surface area contributed by atoms with E-state index in [1.807, 2.05) is 83.5 Å². The number of hydrogen-bond acceptors (Lipinski definition) is 4. The number of amides is 3. The van der Waals surface area contributed by atoms with E-state index in [1.165, 1.54) is 4.90 Å². The Labute approximate surface area is 169 Å². The second-order valence-corrected chi connectivity index (χ2v) is 7.44. The number of para-hydroxylation sites is 1. The Hall–Kier alpha value is -3.45. The fraction of sp³-hybridized carbons (Fsp3) is 0.227. The zero-order valence-corrected chi connectivity index (χ0v) is 16.4. The Morgan fingerprint density at radius 3 is 2.38 bits per heavy atom. The van der Waals surface area contributed by atoms with Gasteiger partial charge in [-0.1, -0.05) is 48.5 Å². The molecule has 2 heterocycles. The third kappa shape index (κ3) is 3.64. The smallest absolute Gasteiger partial charge is 0.319 e. The van der Waals surface area contributed by atoms with Gasteiger partial charge in [-0.15, -0.1) is 0 Å². The van der Waals surface area contributed by atoms with Crippen LogP contribution < -0.4 is 5.32 Å². The van der Waals surface area contributed by atoms with Gasteiger partial charge in [-0.25, -0.2) is 14.4 Å². The van der Waals surface area contributed by atoms with Crippen LogP contribution in [-0.2, 0) is 16.9 Å². The van der Waals surface area contributed by atoms with Crippen LogP contribution in [0.1, 0.15) is 18.1 Å². The molecule has 0 saturated carbocycles. The molecule has 148 valence electrons. The molecule has 0 unspecified atom stereocenters. The number of carbonyl (C=O) groups is 2. The number of benzene rings is 2. The van der Waals surface area contributed by atoms with Crippen molar-refractivity contribution in [3.63, 3.8) is 0 Å². The number of aromatic nitrogens is 2. The van der Waals surface area contributed by atoms with E-state index in [0.29, 0.717) is 6.54 Å². The molecule has 1 aromatic heterocycles. The zero-order valence-electron chi connectivity index (χ0n) is 16.4. The first-order valence-corrected chi connectivity index (χ1v) is 9.44. The first kappa shape index (κ1) is 18.9. The molecule has 1 atom stereocenters. The summed E-state index contributed by atoms with van der Waals surface area (Å²) in [5.74, 6) is -0.250. The monoisotopic (exact) mass is 389 g/mol. The van der Waals surface area contributed by atoms with Crippen LogP contribution in [-0.4, -0.2) is 45.2 Å². The molecule has 2 aromatic carbocycles. The van der Waals surface area contributed by atoms with Gasteiger partial charge in [-0.2, -0.15) is 5.10 Å². The summed E-state index contributed by atoms with van der Waals surface area (Å²) in [5.41, 5.74) is 1.70. The minimum Gasteiger partial charge on any atom is -0.319 e. The highest BCUT2D eigenvalue weighted by molar-refractivity contribution is 6.07. The average Bonchev–Trinajstić information content (AvgIpc) is 3.28. The van der Waals surface area contributed by atoms with E-state index >= 15 is 0 Å². The lowest BCUT2D eigenvalue weighted by atomic mass is 9.92. The van der Waals surface area contributed by atoms with Crippen molar-refractivity contribution in [2.24, 2.45) is 0 Å². The molecular weight excluding hydrogens is 366 g/mol. The lowest BCUT2D eigenvalue weighted by Gasteiger charge is -2.24. The molecule has 1 aliphatic rings. The molecule has 0 radical (unpaired) electrons. The Kier molecular flexibility index (Phi) is 4.90. The van der Waals surface area contributed by atoms with Crippen molar-refractivity contribution in [1.29, 1.82) is 0 Å². The molecular formula is C22H23N5O2. The van der Waals surface area contributed by atoms with Gasteiger partial charge < -0.3 is 5.32 Å². The van der Waals surface area contributed by atoms with E-state index in [2.05, 4.69) is 10.4 Å². The van der Waals surface area contributed by atoms with E-state index in [-0.39, 0.29) is 18.6 Å². The number of carbonyl (C=O) groups excluding carboxylic acids is 2. The van der Waals surface area contributed by atoms with Crippen LogP contribution in [0.4, 0.5) is 4.79 Å². The van der Waals surface area contributed by atoms with E-state index in [4.69, 9.17) is 0 Å². The van der Waals surface area contributed by atoms with Crippen LogP contribution in [0.25, 0.3) is 5.69 Å². The maximum Gasteiger partial charge on any atom is 0.326 e. The molecule has 0 spiro atoms. The minimum atomic E-state index is -1.04. The van der Waals surface area contributed by atoms with Crippen molar-refractivity contribution in [2.45, 2.75) is 19.0 Å². The highest BCUT2D eigenvalue weighted by atomic mass is 16.2. The third-order valence-electron chi connectivity index (χ3n) is 5.12. The highest BCUT2D eigenvalue weighted by Crippen LogP contribution is 2.28. The van der Waals surface area contributed by atoms with Gasteiger partial charge >= 0.3 is 6.03 Å². The second kappa shape index (κ2) is 7.52. The number of urea groups is 1. The summed E-state index contributed by atoms with van der Waals surface area (Å²) in [4.78, 5) is 28.7. The molecule has 1 N–H and O–H groups in total. The van der Waals surface area contributed by atoms with Gasteiger partial charge in [0.25, 0.3) is 5.91 Å². The number of nitrogens with one attached hydrogen (secondary N) is 1. The summed E-state index contributed by atoms with van der Waals surface area (Å²) >= 11 is 0. The summed E-state index contributed by atoms with van der Waals surface area (Å²) in [6.45, 7) is 2.50. The van der Waals surface area contributed by atoms with Crippen molar-refractivity contribution in [3.05, 3.63) is 84.2 Å². The Morgan fingerprint density at radius 2 is 1.69 bits per heavy atom. The molecule has 0 bridgehead atoms. The fourth-order valence-corrected chi connectivity index (χ4v) is 3.56. The minimum absolute atomic E-state index is 0.198. The number of nitrogens with zero attached hydrogens (tertiary/aromatic N) is 4. The first-order valence-electron chi connectivity index (χ1n) is 9.44. The first-order chi connectivity index (χ1) is 14.0. The van der Waals surface area contributed by atoms with Crippen molar-refractivity contribution in [2.75, 3.05) is 13.7 Å². The van der Waals surface area contributed by atoms with Crippen LogP contribution in [0.15, 0.2) is 73.1 Å². The molecule has 1 saturated heterocycles. The molecule has 3 aromatic rings. The SMILES string of the molecule is CN(Cc1cnn(-c2ccccc2)c1)CN1C(=O)N[C@](C)(c2ccccc2)C1=O. The molecule has 7 heteroatoms. The van der Waals surface area contributed by atoms with Gasteiger partial charge in [0.2, 0.25) is 0 Å². The lowest BCUT2D eigenvalue weighted by Crippen LogP contribution is -2.42. The van der Waals surface area contributed by atoms with Crippen LogP contribution >= 0.6 is 0 Å². The standard InChI is InChI=1S/C22H23N5O2/c1-22(18-9-5-3-6-10-18)20(28)26(21(29)24-22)16-25(2)14-17-13-23-27(15-17)19-11-7-4-8-12-19/h3-13,15H,14,16H2,1-2H3,(H,24,29)/t22-/m1/s1. The van der Waals surface area contributed by atoms with Crippen molar-refractivity contribution >= 4 is 11.9 Å². The Balaban J connectivity index is 1.44. The van der Waals surface area contributed by atoms with Gasteiger partial charge in [0.1, 0.15) is 5.54 Å². The summed E-state index contributed by atoms with van der Waals surface area (Å²) in [7, 11) is 1.87. The van der Waals surface area contributed by atoms with E-state index < -0.39 is 5.54 Å². The number of hydrogen-bond donors (Lipinski definition) is 1. The molecule has 29 heavy (non-hydrogen) atoms. The quantitative estimate of drug-likeness (QED) is 0.658. The van der Waals surface area contributed by atoms with Crippen LogP contribution in [0, 0.1) is 0 Å². The van der Waals surface area contributed by atoms with Crippen molar-refractivity contribution in [3.8, 4) is 5.69 Å². The van der Waals surface area contributed by atoms with E-state index in [0.717, 1.165) is 16.8 Å². The predicted octanol–water partition coefficient (Wildman–Crippen LogP) is 2.73. The summed E-state index contributed by atoms with van der Waals surface area (Å²) in [6, 6.07) is 18.8. The van der Waals surface area contributed by atoms with Crippen molar-refractivity contribution in [1.82, 2.24) is 24.9 Å². The van der Waals surface area contributed by atoms with Gasteiger partial charge in [0.05, 0.1) is 18.6 Å². The molecule has 1 fully saturated rings. The average molecular weight is 389 g/mol. The zero-order chi connectivity index (χ0) is 20.4. The second-order valence-electron chi connectivity index (χ2n) is 7.44. The van der Waals surface area contributed by atoms with Crippen LogP contribution in [0.2, 0.25) is 0 Å². The normalized spacial score (nSPS) is 19.1. The van der Waals surface area contributed by atoms with E-state index in [1.54, 1.807) is 13.1 Å². The summed E-state index contributed by atoms with van der Waals surface area (Å²) in [6.07, 6.45) is 3.75. The van der Waals surface area contributed by atoms with Crippen LogP contribution in [0.3, 0.4) is 0 Å². The highest BCUT2D eigenvalue weighted by Gasteiger charge is 2.49. The Bertz CT molecular complexity index is 1020. The summed E-state index contributed by atoms with van der Waals surface area (Å²) in [5, 5.41) is 7.23. The van der Waals surface area contributed by atoms with Gasteiger partial charge in [0.15, 0.2) is 0 Å². The topological polar surface area (TPSA) is 70.5 Å². The molecule has 3 amide bonds. The van der Waals surface area contributed by atoms with Gasteiger partial charge in [-0.05, 0) is 31.7 Å². The molecule has 4 rings (SSSR count). The van der Waals surface area contributed by atoms with Gasteiger partial charge in [-0.3, -0.25) is 9.69 Å².